The Hall–Kier alpha value is -1.61. The molecular weight excluding hydrogens is 222 g/mol. The van der Waals surface area contributed by atoms with Crippen molar-refractivity contribution in [1.29, 1.82) is 0 Å². The van der Waals surface area contributed by atoms with Gasteiger partial charge in [-0.15, -0.1) is 0 Å². The Labute approximate surface area is 109 Å². The second-order valence-electron chi connectivity index (χ2n) is 4.86. The highest BCUT2D eigenvalue weighted by molar-refractivity contribution is 5.42. The summed E-state index contributed by atoms with van der Waals surface area (Å²) in [6, 6.07) is 6.47. The molecule has 0 aliphatic heterocycles. The van der Waals surface area contributed by atoms with Gasteiger partial charge in [-0.2, -0.15) is 5.10 Å². The number of benzene rings is 1. The summed E-state index contributed by atoms with van der Waals surface area (Å²) in [7, 11) is 1.96. The number of hydrogen-bond acceptors (Lipinski definition) is 2. The predicted molar refractivity (Wildman–Crippen MR) is 75.3 cm³/mol. The number of aryl methyl sites for hydroxylation is 3. The van der Waals surface area contributed by atoms with Crippen molar-refractivity contribution in [2.24, 2.45) is 0 Å². The number of nitrogens with one attached hydrogen (secondary N) is 1. The van der Waals surface area contributed by atoms with Crippen LogP contribution in [0.3, 0.4) is 0 Å². The molecule has 0 saturated carbocycles. The highest BCUT2D eigenvalue weighted by atomic mass is 15.3. The van der Waals surface area contributed by atoms with Crippen molar-refractivity contribution in [3.8, 4) is 5.69 Å². The van der Waals surface area contributed by atoms with E-state index in [1.54, 1.807) is 0 Å². The molecule has 0 spiro atoms. The standard InChI is InChI=1S/C15H21N3/c1-10-6-7-14(8-11(10)2)18-13(4)15(9-16-5)12(3)17-18/h6-8,16H,9H2,1-5H3. The summed E-state index contributed by atoms with van der Waals surface area (Å²) in [4.78, 5) is 0. The van der Waals surface area contributed by atoms with Crippen LogP contribution in [0, 0.1) is 27.7 Å². The molecule has 0 unspecified atom stereocenters. The van der Waals surface area contributed by atoms with Gasteiger partial charge in [0, 0.05) is 17.8 Å². The van der Waals surface area contributed by atoms with Crippen molar-refractivity contribution in [2.75, 3.05) is 7.05 Å². The van der Waals surface area contributed by atoms with E-state index in [9.17, 15) is 0 Å². The minimum absolute atomic E-state index is 0.864. The first kappa shape index (κ1) is 12.8. The largest absolute Gasteiger partial charge is 0.316 e. The Morgan fingerprint density at radius 1 is 1.11 bits per heavy atom. The molecule has 18 heavy (non-hydrogen) atoms. The molecule has 1 heterocycles. The maximum Gasteiger partial charge on any atom is 0.0651 e. The number of nitrogens with zero attached hydrogens (tertiary/aromatic N) is 2. The summed E-state index contributed by atoms with van der Waals surface area (Å²) in [6.07, 6.45) is 0. The van der Waals surface area contributed by atoms with Gasteiger partial charge in [-0.25, -0.2) is 4.68 Å². The Morgan fingerprint density at radius 2 is 1.83 bits per heavy atom. The molecule has 0 saturated heterocycles. The molecule has 0 atom stereocenters. The Balaban J connectivity index is 2.50. The second kappa shape index (κ2) is 4.94. The summed E-state index contributed by atoms with van der Waals surface area (Å²) in [6.45, 7) is 9.33. The van der Waals surface area contributed by atoms with Crippen molar-refractivity contribution < 1.29 is 0 Å². The van der Waals surface area contributed by atoms with E-state index in [0.717, 1.165) is 17.9 Å². The zero-order chi connectivity index (χ0) is 13.3. The van der Waals surface area contributed by atoms with Gasteiger partial charge in [0.2, 0.25) is 0 Å². The fraction of sp³-hybridized carbons (Fsp3) is 0.400. The van der Waals surface area contributed by atoms with Gasteiger partial charge in [-0.3, -0.25) is 0 Å². The summed E-state index contributed by atoms with van der Waals surface area (Å²) >= 11 is 0. The van der Waals surface area contributed by atoms with Crippen LogP contribution >= 0.6 is 0 Å². The van der Waals surface area contributed by atoms with Crippen LogP contribution in [0.4, 0.5) is 0 Å². The molecule has 2 aromatic rings. The molecule has 0 bridgehead atoms. The highest BCUT2D eigenvalue weighted by Crippen LogP contribution is 2.19. The van der Waals surface area contributed by atoms with Gasteiger partial charge >= 0.3 is 0 Å². The van der Waals surface area contributed by atoms with E-state index in [-0.39, 0.29) is 0 Å². The van der Waals surface area contributed by atoms with Crippen molar-refractivity contribution in [1.82, 2.24) is 15.1 Å². The van der Waals surface area contributed by atoms with Crippen LogP contribution < -0.4 is 5.32 Å². The fourth-order valence-electron chi connectivity index (χ4n) is 2.22. The lowest BCUT2D eigenvalue weighted by Crippen LogP contribution is -2.07. The summed E-state index contributed by atoms with van der Waals surface area (Å²) in [5.41, 5.74) is 7.35. The molecule has 3 nitrogen and oxygen atoms in total. The number of hydrogen-bond donors (Lipinski definition) is 1. The lowest BCUT2D eigenvalue weighted by molar-refractivity contribution is 0.801. The van der Waals surface area contributed by atoms with Gasteiger partial charge in [0.1, 0.15) is 0 Å². The summed E-state index contributed by atoms with van der Waals surface area (Å²) in [5, 5.41) is 7.84. The fourth-order valence-corrected chi connectivity index (χ4v) is 2.22. The zero-order valence-electron chi connectivity index (χ0n) is 11.8. The van der Waals surface area contributed by atoms with Gasteiger partial charge in [0.05, 0.1) is 11.4 Å². The van der Waals surface area contributed by atoms with Crippen LogP contribution in [0.25, 0.3) is 5.69 Å². The normalized spacial score (nSPS) is 10.9. The topological polar surface area (TPSA) is 29.9 Å². The van der Waals surface area contributed by atoms with Crippen molar-refractivity contribution >= 4 is 0 Å². The van der Waals surface area contributed by atoms with Crippen LogP contribution in [0.5, 0.6) is 0 Å². The third-order valence-electron chi connectivity index (χ3n) is 3.53. The van der Waals surface area contributed by atoms with E-state index in [4.69, 9.17) is 0 Å². The molecule has 0 amide bonds. The molecular formula is C15H21N3. The van der Waals surface area contributed by atoms with E-state index in [0.29, 0.717) is 0 Å². The third-order valence-corrected chi connectivity index (χ3v) is 3.53. The van der Waals surface area contributed by atoms with Gasteiger partial charge in [0.25, 0.3) is 0 Å². The van der Waals surface area contributed by atoms with Crippen LogP contribution in [0.1, 0.15) is 28.1 Å². The van der Waals surface area contributed by atoms with Gasteiger partial charge in [-0.05, 0) is 58.0 Å². The molecule has 1 aromatic heterocycles. The molecule has 96 valence electrons. The monoisotopic (exact) mass is 243 g/mol. The smallest absolute Gasteiger partial charge is 0.0651 e. The number of aromatic nitrogens is 2. The molecule has 1 aromatic carbocycles. The van der Waals surface area contributed by atoms with Crippen LogP contribution in [0.2, 0.25) is 0 Å². The maximum absolute atomic E-state index is 4.65. The number of rotatable bonds is 3. The van der Waals surface area contributed by atoms with Crippen molar-refractivity contribution in [2.45, 2.75) is 34.2 Å². The average Bonchev–Trinajstić information content (AvgIpc) is 2.61. The molecule has 3 heteroatoms. The van der Waals surface area contributed by atoms with Gasteiger partial charge in [0.15, 0.2) is 0 Å². The molecule has 2 rings (SSSR count). The molecule has 1 N–H and O–H groups in total. The summed E-state index contributed by atoms with van der Waals surface area (Å²) < 4.78 is 2.04. The molecule has 0 radical (unpaired) electrons. The third kappa shape index (κ3) is 2.18. The van der Waals surface area contributed by atoms with Gasteiger partial charge < -0.3 is 5.32 Å². The van der Waals surface area contributed by atoms with Gasteiger partial charge in [-0.1, -0.05) is 6.07 Å². The van der Waals surface area contributed by atoms with Crippen LogP contribution in [-0.2, 0) is 6.54 Å². The van der Waals surface area contributed by atoms with E-state index in [1.165, 1.54) is 22.4 Å². The zero-order valence-corrected chi connectivity index (χ0v) is 11.8. The second-order valence-corrected chi connectivity index (χ2v) is 4.86. The SMILES string of the molecule is CNCc1c(C)nn(-c2ccc(C)c(C)c2)c1C. The van der Waals surface area contributed by atoms with E-state index in [1.807, 2.05) is 11.7 Å². The lowest BCUT2D eigenvalue weighted by atomic mass is 10.1. The van der Waals surface area contributed by atoms with Crippen molar-refractivity contribution in [3.05, 3.63) is 46.3 Å². The lowest BCUT2D eigenvalue weighted by Gasteiger charge is -2.08. The van der Waals surface area contributed by atoms with E-state index >= 15 is 0 Å². The van der Waals surface area contributed by atoms with E-state index in [2.05, 4.69) is 56.3 Å². The Bertz CT molecular complexity index is 567. The average molecular weight is 243 g/mol. The minimum atomic E-state index is 0.864. The Morgan fingerprint density at radius 3 is 2.44 bits per heavy atom. The first-order valence-corrected chi connectivity index (χ1v) is 6.32. The van der Waals surface area contributed by atoms with Crippen LogP contribution in [-0.4, -0.2) is 16.8 Å². The molecule has 0 aliphatic rings. The quantitative estimate of drug-likeness (QED) is 0.898. The van der Waals surface area contributed by atoms with Crippen molar-refractivity contribution in [3.63, 3.8) is 0 Å². The maximum atomic E-state index is 4.65. The highest BCUT2D eigenvalue weighted by Gasteiger charge is 2.12. The minimum Gasteiger partial charge on any atom is -0.316 e. The van der Waals surface area contributed by atoms with Crippen LogP contribution in [0.15, 0.2) is 18.2 Å². The first-order chi connectivity index (χ1) is 8.54. The van der Waals surface area contributed by atoms with E-state index < -0.39 is 0 Å². The predicted octanol–water partition coefficient (Wildman–Crippen LogP) is 2.83. The summed E-state index contributed by atoms with van der Waals surface area (Å²) in [5.74, 6) is 0. The Kier molecular flexibility index (Phi) is 3.53. The molecule has 0 aliphatic carbocycles. The molecule has 0 fully saturated rings. The first-order valence-electron chi connectivity index (χ1n) is 6.32.